The fourth-order valence-corrected chi connectivity index (χ4v) is 1.99. The minimum absolute atomic E-state index is 0.208. The number of nitrogens with two attached hydrogens (primary N) is 1. The number of benzene rings is 1. The van der Waals surface area contributed by atoms with Crippen LogP contribution in [0, 0.1) is 26.7 Å². The molecule has 2 unspecified atom stereocenters. The van der Waals surface area contributed by atoms with Gasteiger partial charge in [-0.1, -0.05) is 19.1 Å². The minimum Gasteiger partial charge on any atom is -0.481 e. The van der Waals surface area contributed by atoms with E-state index in [4.69, 9.17) is 10.8 Å². The molecule has 0 aliphatic carbocycles. The van der Waals surface area contributed by atoms with Gasteiger partial charge in [0.2, 0.25) is 0 Å². The van der Waals surface area contributed by atoms with Crippen LogP contribution in [0.3, 0.4) is 0 Å². The molecule has 0 aliphatic heterocycles. The summed E-state index contributed by atoms with van der Waals surface area (Å²) < 4.78 is 0. The summed E-state index contributed by atoms with van der Waals surface area (Å²) in [5, 5.41) is 8.89. The van der Waals surface area contributed by atoms with Crippen LogP contribution in [0.4, 0.5) is 0 Å². The molecular formula is C14H21NO2. The largest absolute Gasteiger partial charge is 0.481 e. The maximum atomic E-state index is 10.8. The zero-order valence-electron chi connectivity index (χ0n) is 10.9. The van der Waals surface area contributed by atoms with E-state index in [-0.39, 0.29) is 6.04 Å². The standard InChI is InChI=1S/C14H21NO2/c1-8-5-6-12(11(4)10(8)3)13(15)7-9(2)14(16)17/h5-6,9,13H,7,15H2,1-4H3,(H,16,17). The highest BCUT2D eigenvalue weighted by Gasteiger charge is 2.18. The van der Waals surface area contributed by atoms with Crippen LogP contribution in [0.2, 0.25) is 0 Å². The number of carbonyl (C=O) groups is 1. The fourth-order valence-electron chi connectivity index (χ4n) is 1.99. The maximum absolute atomic E-state index is 10.8. The highest BCUT2D eigenvalue weighted by Crippen LogP contribution is 2.25. The van der Waals surface area contributed by atoms with Gasteiger partial charge in [0.15, 0.2) is 0 Å². The van der Waals surface area contributed by atoms with Crippen molar-refractivity contribution in [1.82, 2.24) is 0 Å². The van der Waals surface area contributed by atoms with Gasteiger partial charge in [-0.25, -0.2) is 0 Å². The van der Waals surface area contributed by atoms with E-state index in [1.165, 1.54) is 16.7 Å². The molecule has 0 saturated carbocycles. The topological polar surface area (TPSA) is 63.3 Å². The Morgan fingerprint density at radius 1 is 1.29 bits per heavy atom. The van der Waals surface area contributed by atoms with E-state index < -0.39 is 11.9 Å². The first-order chi connectivity index (χ1) is 7.84. The van der Waals surface area contributed by atoms with Crippen LogP contribution in [-0.4, -0.2) is 11.1 Å². The lowest BCUT2D eigenvalue weighted by atomic mass is 9.90. The summed E-state index contributed by atoms with van der Waals surface area (Å²) in [5.74, 6) is -1.20. The van der Waals surface area contributed by atoms with Crippen LogP contribution < -0.4 is 5.73 Å². The van der Waals surface area contributed by atoms with Gasteiger partial charge < -0.3 is 10.8 Å². The molecular weight excluding hydrogens is 214 g/mol. The lowest BCUT2D eigenvalue weighted by molar-refractivity contribution is -0.141. The van der Waals surface area contributed by atoms with E-state index in [2.05, 4.69) is 13.8 Å². The Balaban J connectivity index is 2.93. The summed E-state index contributed by atoms with van der Waals surface area (Å²) in [6, 6.07) is 3.85. The Morgan fingerprint density at radius 3 is 2.41 bits per heavy atom. The molecule has 0 saturated heterocycles. The molecule has 0 spiro atoms. The van der Waals surface area contributed by atoms with Crippen molar-refractivity contribution in [3.8, 4) is 0 Å². The lowest BCUT2D eigenvalue weighted by Crippen LogP contribution is -2.20. The molecule has 0 amide bonds. The molecule has 3 N–H and O–H groups in total. The number of carboxylic acids is 1. The second kappa shape index (κ2) is 5.32. The number of carboxylic acid groups (broad SMARTS) is 1. The lowest BCUT2D eigenvalue weighted by Gasteiger charge is -2.19. The van der Waals surface area contributed by atoms with E-state index in [0.29, 0.717) is 6.42 Å². The Kier molecular flexibility index (Phi) is 4.29. The first-order valence-corrected chi connectivity index (χ1v) is 5.89. The Hall–Kier alpha value is -1.35. The van der Waals surface area contributed by atoms with Gasteiger partial charge in [-0.15, -0.1) is 0 Å². The van der Waals surface area contributed by atoms with E-state index in [1.807, 2.05) is 19.1 Å². The Labute approximate surface area is 103 Å². The zero-order valence-corrected chi connectivity index (χ0v) is 10.9. The van der Waals surface area contributed by atoms with E-state index >= 15 is 0 Å². The second-order valence-corrected chi connectivity index (χ2v) is 4.80. The van der Waals surface area contributed by atoms with Gasteiger partial charge in [0.05, 0.1) is 5.92 Å². The highest BCUT2D eigenvalue weighted by molar-refractivity contribution is 5.69. The zero-order chi connectivity index (χ0) is 13.2. The molecule has 3 nitrogen and oxygen atoms in total. The van der Waals surface area contributed by atoms with Crippen molar-refractivity contribution in [1.29, 1.82) is 0 Å². The predicted octanol–water partition coefficient (Wildman–Crippen LogP) is 2.72. The molecule has 2 atom stereocenters. The van der Waals surface area contributed by atoms with Crippen LogP contribution in [-0.2, 0) is 4.79 Å². The first-order valence-electron chi connectivity index (χ1n) is 5.89. The van der Waals surface area contributed by atoms with Crippen LogP contribution in [0.25, 0.3) is 0 Å². The number of hydrogen-bond acceptors (Lipinski definition) is 2. The van der Waals surface area contributed by atoms with Crippen molar-refractivity contribution in [2.75, 3.05) is 0 Å². The van der Waals surface area contributed by atoms with Crippen LogP contribution >= 0.6 is 0 Å². The monoisotopic (exact) mass is 235 g/mol. The van der Waals surface area contributed by atoms with Gasteiger partial charge >= 0.3 is 5.97 Å². The summed E-state index contributed by atoms with van der Waals surface area (Å²) in [7, 11) is 0. The smallest absolute Gasteiger partial charge is 0.306 e. The van der Waals surface area contributed by atoms with E-state index in [1.54, 1.807) is 6.92 Å². The molecule has 0 aliphatic rings. The summed E-state index contributed by atoms with van der Waals surface area (Å²) in [6.45, 7) is 7.88. The number of aryl methyl sites for hydroxylation is 1. The van der Waals surface area contributed by atoms with Crippen LogP contribution in [0.1, 0.15) is 41.6 Å². The van der Waals surface area contributed by atoms with Crippen LogP contribution in [0.5, 0.6) is 0 Å². The summed E-state index contributed by atoms with van der Waals surface area (Å²) in [4.78, 5) is 10.8. The quantitative estimate of drug-likeness (QED) is 0.843. The number of hydrogen-bond donors (Lipinski definition) is 2. The van der Waals surface area contributed by atoms with Gasteiger partial charge in [0, 0.05) is 6.04 Å². The summed E-state index contributed by atoms with van der Waals surface area (Å²) in [5.41, 5.74) is 10.8. The second-order valence-electron chi connectivity index (χ2n) is 4.80. The van der Waals surface area contributed by atoms with Crippen molar-refractivity contribution in [3.05, 3.63) is 34.4 Å². The molecule has 0 heterocycles. The van der Waals surface area contributed by atoms with Gasteiger partial charge in [0.1, 0.15) is 0 Å². The Morgan fingerprint density at radius 2 is 1.88 bits per heavy atom. The number of rotatable bonds is 4. The third-order valence-corrected chi connectivity index (χ3v) is 3.53. The molecule has 0 bridgehead atoms. The van der Waals surface area contributed by atoms with Crippen molar-refractivity contribution in [2.45, 2.75) is 40.2 Å². The molecule has 0 radical (unpaired) electrons. The molecule has 3 heteroatoms. The third kappa shape index (κ3) is 3.07. The fraction of sp³-hybridized carbons (Fsp3) is 0.500. The normalized spacial score (nSPS) is 14.4. The average molecular weight is 235 g/mol. The van der Waals surface area contributed by atoms with E-state index in [9.17, 15) is 4.79 Å². The molecule has 0 fully saturated rings. The van der Waals surface area contributed by atoms with Gasteiger partial charge in [0.25, 0.3) is 0 Å². The minimum atomic E-state index is -0.790. The molecule has 1 rings (SSSR count). The van der Waals surface area contributed by atoms with Crippen molar-refractivity contribution < 1.29 is 9.90 Å². The SMILES string of the molecule is Cc1ccc(C(N)CC(C)C(=O)O)c(C)c1C. The maximum Gasteiger partial charge on any atom is 0.306 e. The van der Waals surface area contributed by atoms with Crippen molar-refractivity contribution >= 4 is 5.97 Å². The highest BCUT2D eigenvalue weighted by atomic mass is 16.4. The van der Waals surface area contributed by atoms with Gasteiger partial charge in [-0.05, 0) is 49.4 Å². The summed E-state index contributed by atoms with van der Waals surface area (Å²) in [6.07, 6.45) is 0.471. The van der Waals surface area contributed by atoms with Crippen LogP contribution in [0.15, 0.2) is 12.1 Å². The summed E-state index contributed by atoms with van der Waals surface area (Å²) >= 11 is 0. The first kappa shape index (κ1) is 13.7. The predicted molar refractivity (Wildman–Crippen MR) is 69.0 cm³/mol. The number of aliphatic carboxylic acids is 1. The van der Waals surface area contributed by atoms with Gasteiger partial charge in [-0.2, -0.15) is 0 Å². The molecule has 94 valence electrons. The third-order valence-electron chi connectivity index (χ3n) is 3.53. The van der Waals surface area contributed by atoms with Gasteiger partial charge in [-0.3, -0.25) is 4.79 Å². The molecule has 0 aromatic heterocycles. The van der Waals surface area contributed by atoms with Crippen molar-refractivity contribution in [3.63, 3.8) is 0 Å². The molecule has 1 aromatic rings. The average Bonchev–Trinajstić information content (AvgIpc) is 2.25. The molecule has 1 aromatic carbocycles. The van der Waals surface area contributed by atoms with Crippen molar-refractivity contribution in [2.24, 2.45) is 11.7 Å². The Bertz CT molecular complexity index is 426. The molecule has 17 heavy (non-hydrogen) atoms. The van der Waals surface area contributed by atoms with E-state index in [0.717, 1.165) is 5.56 Å².